The molecule has 0 saturated carbocycles. The van der Waals surface area contributed by atoms with Crippen LogP contribution in [0.25, 0.3) is 0 Å². The van der Waals surface area contributed by atoms with Crippen LogP contribution in [0.2, 0.25) is 0 Å². The summed E-state index contributed by atoms with van der Waals surface area (Å²) in [5.74, 6) is 0.138. The van der Waals surface area contributed by atoms with Crippen molar-refractivity contribution in [2.45, 2.75) is 25.8 Å². The highest BCUT2D eigenvalue weighted by Crippen LogP contribution is 2.03. The second-order valence-corrected chi connectivity index (χ2v) is 3.98. The van der Waals surface area contributed by atoms with Gasteiger partial charge in [-0.2, -0.15) is 0 Å². The van der Waals surface area contributed by atoms with Crippen molar-refractivity contribution in [3.63, 3.8) is 0 Å². The number of carbonyl (C=O) groups is 1. The average molecular weight is 230 g/mol. The molecule has 94 valence electrons. The van der Waals surface area contributed by atoms with Crippen LogP contribution in [0.4, 0.5) is 0 Å². The van der Waals surface area contributed by atoms with E-state index < -0.39 is 0 Å². The second kappa shape index (κ2) is 7.60. The molecular weight excluding hydrogens is 208 g/mol. The van der Waals surface area contributed by atoms with Crippen LogP contribution in [0.3, 0.4) is 0 Å². The Kier molecular flexibility index (Phi) is 6.37. The van der Waals surface area contributed by atoms with Gasteiger partial charge in [0, 0.05) is 38.7 Å². The standard InChI is InChI=1S/C11H22N2O3/c1-2-13(5-3-6-14)11(15)8-10-9-16-7-4-12-10/h10,12,14H,2-9H2,1H3. The lowest BCUT2D eigenvalue weighted by Gasteiger charge is -2.27. The highest BCUT2D eigenvalue weighted by Gasteiger charge is 2.19. The number of hydrogen-bond donors (Lipinski definition) is 2. The molecule has 1 aliphatic rings. The fourth-order valence-electron chi connectivity index (χ4n) is 1.81. The summed E-state index contributed by atoms with van der Waals surface area (Å²) in [4.78, 5) is 13.7. The van der Waals surface area contributed by atoms with E-state index in [2.05, 4.69) is 5.32 Å². The molecule has 0 aliphatic carbocycles. The van der Waals surface area contributed by atoms with Gasteiger partial charge in [0.25, 0.3) is 0 Å². The van der Waals surface area contributed by atoms with Crippen molar-refractivity contribution >= 4 is 5.91 Å². The van der Waals surface area contributed by atoms with Gasteiger partial charge in [-0.05, 0) is 13.3 Å². The molecule has 1 fully saturated rings. The summed E-state index contributed by atoms with van der Waals surface area (Å²) < 4.78 is 5.30. The number of hydrogen-bond acceptors (Lipinski definition) is 4. The summed E-state index contributed by atoms with van der Waals surface area (Å²) >= 11 is 0. The third-order valence-corrected chi connectivity index (χ3v) is 2.74. The number of aliphatic hydroxyl groups excluding tert-OH is 1. The lowest BCUT2D eigenvalue weighted by Crippen LogP contribution is -2.45. The van der Waals surface area contributed by atoms with Crippen molar-refractivity contribution in [2.75, 3.05) is 39.5 Å². The zero-order valence-electron chi connectivity index (χ0n) is 9.95. The summed E-state index contributed by atoms with van der Waals surface area (Å²) in [6, 6.07) is 0.143. The number of nitrogens with zero attached hydrogens (tertiary/aromatic N) is 1. The molecule has 0 aromatic heterocycles. The minimum absolute atomic E-state index is 0.134. The van der Waals surface area contributed by atoms with Gasteiger partial charge < -0.3 is 20.1 Å². The number of amides is 1. The first-order valence-electron chi connectivity index (χ1n) is 5.97. The van der Waals surface area contributed by atoms with Crippen LogP contribution in [0, 0.1) is 0 Å². The van der Waals surface area contributed by atoms with Crippen molar-refractivity contribution in [3.05, 3.63) is 0 Å². The summed E-state index contributed by atoms with van der Waals surface area (Å²) in [5, 5.41) is 12.0. The third kappa shape index (κ3) is 4.47. The molecular formula is C11H22N2O3. The molecule has 0 spiro atoms. The average Bonchev–Trinajstić information content (AvgIpc) is 2.31. The Bertz CT molecular complexity index is 205. The van der Waals surface area contributed by atoms with Crippen LogP contribution >= 0.6 is 0 Å². The molecule has 1 rings (SSSR count). The molecule has 16 heavy (non-hydrogen) atoms. The quantitative estimate of drug-likeness (QED) is 0.651. The Balaban J connectivity index is 2.29. The largest absolute Gasteiger partial charge is 0.396 e. The van der Waals surface area contributed by atoms with Crippen molar-refractivity contribution in [1.82, 2.24) is 10.2 Å². The highest BCUT2D eigenvalue weighted by atomic mass is 16.5. The summed E-state index contributed by atoms with van der Waals surface area (Å²) in [7, 11) is 0. The van der Waals surface area contributed by atoms with E-state index in [9.17, 15) is 4.79 Å². The fourth-order valence-corrected chi connectivity index (χ4v) is 1.81. The molecule has 1 aliphatic heterocycles. The summed E-state index contributed by atoms with van der Waals surface area (Å²) in [6.07, 6.45) is 1.13. The number of carbonyl (C=O) groups excluding carboxylic acids is 1. The topological polar surface area (TPSA) is 61.8 Å². The predicted molar refractivity (Wildman–Crippen MR) is 61.2 cm³/mol. The van der Waals surface area contributed by atoms with Crippen LogP contribution in [0.5, 0.6) is 0 Å². The lowest BCUT2D eigenvalue weighted by molar-refractivity contribution is -0.132. The SMILES string of the molecule is CCN(CCCO)C(=O)CC1COCCN1. The van der Waals surface area contributed by atoms with E-state index in [1.807, 2.05) is 6.92 Å². The van der Waals surface area contributed by atoms with Crippen molar-refractivity contribution in [1.29, 1.82) is 0 Å². The first-order chi connectivity index (χ1) is 7.77. The molecule has 1 amide bonds. The molecule has 2 N–H and O–H groups in total. The Morgan fingerprint density at radius 2 is 2.44 bits per heavy atom. The zero-order valence-corrected chi connectivity index (χ0v) is 9.95. The molecule has 5 heteroatoms. The number of aliphatic hydroxyl groups is 1. The number of ether oxygens (including phenoxy) is 1. The van der Waals surface area contributed by atoms with Crippen molar-refractivity contribution in [3.8, 4) is 0 Å². The Labute approximate surface area is 96.8 Å². The summed E-state index contributed by atoms with van der Waals surface area (Å²) in [6.45, 7) is 5.59. The second-order valence-electron chi connectivity index (χ2n) is 3.98. The van der Waals surface area contributed by atoms with Gasteiger partial charge in [-0.1, -0.05) is 0 Å². The van der Waals surface area contributed by atoms with Gasteiger partial charge in [0.1, 0.15) is 0 Å². The summed E-state index contributed by atoms with van der Waals surface area (Å²) in [5.41, 5.74) is 0. The molecule has 1 unspecified atom stereocenters. The van der Waals surface area contributed by atoms with E-state index in [-0.39, 0.29) is 18.6 Å². The van der Waals surface area contributed by atoms with Crippen LogP contribution in [0.15, 0.2) is 0 Å². The minimum atomic E-state index is 0.134. The van der Waals surface area contributed by atoms with E-state index in [0.29, 0.717) is 32.5 Å². The first-order valence-corrected chi connectivity index (χ1v) is 5.97. The number of morpholine rings is 1. The molecule has 0 bridgehead atoms. The van der Waals surface area contributed by atoms with Gasteiger partial charge in [-0.25, -0.2) is 0 Å². The molecule has 0 aromatic rings. The van der Waals surface area contributed by atoms with Crippen LogP contribution in [-0.4, -0.2) is 61.4 Å². The smallest absolute Gasteiger partial charge is 0.224 e. The van der Waals surface area contributed by atoms with Gasteiger partial charge in [0.05, 0.1) is 13.2 Å². The van der Waals surface area contributed by atoms with Crippen LogP contribution < -0.4 is 5.32 Å². The highest BCUT2D eigenvalue weighted by molar-refractivity contribution is 5.76. The monoisotopic (exact) mass is 230 g/mol. The maximum atomic E-state index is 11.9. The minimum Gasteiger partial charge on any atom is -0.396 e. The van der Waals surface area contributed by atoms with E-state index in [1.165, 1.54) is 0 Å². The lowest BCUT2D eigenvalue weighted by atomic mass is 10.1. The Morgan fingerprint density at radius 1 is 1.62 bits per heavy atom. The van der Waals surface area contributed by atoms with E-state index in [0.717, 1.165) is 13.2 Å². The maximum absolute atomic E-state index is 11.9. The molecule has 1 saturated heterocycles. The number of nitrogens with one attached hydrogen (secondary N) is 1. The van der Waals surface area contributed by atoms with Gasteiger partial charge in [-0.15, -0.1) is 0 Å². The maximum Gasteiger partial charge on any atom is 0.224 e. The molecule has 0 radical (unpaired) electrons. The van der Waals surface area contributed by atoms with Crippen molar-refractivity contribution in [2.24, 2.45) is 0 Å². The van der Waals surface area contributed by atoms with Gasteiger partial charge in [0.15, 0.2) is 0 Å². The molecule has 1 atom stereocenters. The molecule has 1 heterocycles. The van der Waals surface area contributed by atoms with E-state index in [1.54, 1.807) is 4.90 Å². The van der Waals surface area contributed by atoms with Crippen molar-refractivity contribution < 1.29 is 14.6 Å². The zero-order chi connectivity index (χ0) is 11.8. The normalized spacial score (nSPS) is 20.8. The third-order valence-electron chi connectivity index (χ3n) is 2.74. The Morgan fingerprint density at radius 3 is 3.00 bits per heavy atom. The number of rotatable bonds is 6. The first kappa shape index (κ1) is 13.4. The predicted octanol–water partition coefficient (Wildman–Crippen LogP) is -0.404. The fraction of sp³-hybridized carbons (Fsp3) is 0.909. The van der Waals surface area contributed by atoms with Gasteiger partial charge in [-0.3, -0.25) is 4.79 Å². The van der Waals surface area contributed by atoms with Gasteiger partial charge in [0.2, 0.25) is 5.91 Å². The van der Waals surface area contributed by atoms with E-state index in [4.69, 9.17) is 9.84 Å². The Hall–Kier alpha value is -0.650. The van der Waals surface area contributed by atoms with Crippen LogP contribution in [-0.2, 0) is 9.53 Å². The molecule has 5 nitrogen and oxygen atoms in total. The molecule has 0 aromatic carbocycles. The van der Waals surface area contributed by atoms with E-state index >= 15 is 0 Å². The van der Waals surface area contributed by atoms with Gasteiger partial charge >= 0.3 is 0 Å². The van der Waals surface area contributed by atoms with Crippen LogP contribution in [0.1, 0.15) is 19.8 Å².